The van der Waals surface area contributed by atoms with E-state index in [1.807, 2.05) is 0 Å². The molecule has 1 aromatic rings. The molecule has 4 bridgehead atoms. The maximum absolute atomic E-state index is 12.9. The minimum atomic E-state index is -0.961. The van der Waals surface area contributed by atoms with Crippen molar-refractivity contribution in [2.24, 2.45) is 17.3 Å². The monoisotopic (exact) mass is 362 g/mol. The van der Waals surface area contributed by atoms with Crippen LogP contribution in [-0.2, 0) is 10.3 Å². The van der Waals surface area contributed by atoms with E-state index >= 15 is 0 Å². The number of hydrogen-bond acceptors (Lipinski definition) is 5. The van der Waals surface area contributed by atoms with Crippen LogP contribution in [0.1, 0.15) is 51.4 Å². The van der Waals surface area contributed by atoms with E-state index in [0.717, 1.165) is 32.1 Å². The molecule has 0 aliphatic heterocycles. The average molecular weight is 363 g/mol. The molecule has 5 saturated carbocycles. The highest BCUT2D eigenvalue weighted by atomic mass is 35.5. The van der Waals surface area contributed by atoms with E-state index in [-0.39, 0.29) is 10.6 Å². The summed E-state index contributed by atoms with van der Waals surface area (Å²) in [6.07, 6.45) is 8.28. The van der Waals surface area contributed by atoms with Gasteiger partial charge in [-0.3, -0.25) is 4.79 Å². The van der Waals surface area contributed by atoms with Crippen molar-refractivity contribution in [1.29, 1.82) is 0 Å². The molecule has 5 aliphatic rings. The molecule has 7 heteroatoms. The van der Waals surface area contributed by atoms with Crippen LogP contribution >= 0.6 is 11.6 Å². The summed E-state index contributed by atoms with van der Waals surface area (Å²) in [5.41, 5.74) is -1.04. The molecule has 5 fully saturated rings. The van der Waals surface area contributed by atoms with Gasteiger partial charge in [0.05, 0.1) is 17.4 Å². The van der Waals surface area contributed by atoms with E-state index in [1.165, 1.54) is 4.68 Å². The number of carbonyl (C=O) groups is 1. The largest absolute Gasteiger partial charge is 0.550 e. The van der Waals surface area contributed by atoms with Gasteiger partial charge < -0.3 is 15.2 Å². The molecule has 2 unspecified atom stereocenters. The Hall–Kier alpha value is -1.56. The van der Waals surface area contributed by atoms with Crippen molar-refractivity contribution in [3.63, 3.8) is 0 Å². The zero-order chi connectivity index (χ0) is 17.4. The number of aliphatic carboxylic acids is 1. The van der Waals surface area contributed by atoms with Crippen molar-refractivity contribution in [2.75, 3.05) is 5.32 Å². The van der Waals surface area contributed by atoms with E-state index < -0.39 is 16.9 Å². The molecule has 0 aromatic carbocycles. The van der Waals surface area contributed by atoms with Gasteiger partial charge in [0.2, 0.25) is 0 Å². The summed E-state index contributed by atoms with van der Waals surface area (Å²) in [6.45, 7) is 0. The summed E-state index contributed by atoms with van der Waals surface area (Å²) in [5, 5.41) is 19.8. The van der Waals surface area contributed by atoms with Crippen molar-refractivity contribution in [3.8, 4) is 0 Å². The molecule has 1 N–H and O–H groups in total. The smallest absolute Gasteiger partial charge is 0.288 e. The number of rotatable bonds is 4. The van der Waals surface area contributed by atoms with Gasteiger partial charge in [-0.2, -0.15) is 5.10 Å². The fraction of sp³-hybridized carbons (Fsp3) is 0.722. The highest BCUT2D eigenvalue weighted by Gasteiger charge is 2.60. The fourth-order valence-electron chi connectivity index (χ4n) is 6.02. The zero-order valence-electron chi connectivity index (χ0n) is 14.0. The van der Waals surface area contributed by atoms with Crippen molar-refractivity contribution >= 4 is 23.3 Å². The quantitative estimate of drug-likeness (QED) is 0.877. The molecule has 5 aliphatic carbocycles. The summed E-state index contributed by atoms with van der Waals surface area (Å²) in [4.78, 5) is 24.9. The number of carbonyl (C=O) groups excluding carboxylic acids is 1. The maximum atomic E-state index is 12.9. The van der Waals surface area contributed by atoms with Gasteiger partial charge in [-0.05, 0) is 63.2 Å². The molecule has 6 nitrogen and oxygen atoms in total. The second-order valence-electron chi connectivity index (χ2n) is 8.76. The number of carboxylic acids is 1. The molecule has 6 rings (SSSR count). The molecular weight excluding hydrogens is 342 g/mol. The first-order valence-electron chi connectivity index (χ1n) is 9.17. The second-order valence-corrected chi connectivity index (χ2v) is 9.14. The number of nitrogens with zero attached hydrogens (tertiary/aromatic N) is 2. The van der Waals surface area contributed by atoms with Gasteiger partial charge in [0, 0.05) is 17.4 Å². The molecule has 0 spiro atoms. The summed E-state index contributed by atoms with van der Waals surface area (Å²) >= 11 is 6.34. The first-order valence-corrected chi connectivity index (χ1v) is 9.55. The molecule has 0 radical (unpaired) electrons. The average Bonchev–Trinajstić information content (AvgIpc) is 3.34. The van der Waals surface area contributed by atoms with Crippen molar-refractivity contribution in [3.05, 3.63) is 21.6 Å². The lowest BCUT2D eigenvalue weighted by Gasteiger charge is -2.62. The SMILES string of the molecule is O=C([O-])C12C[C@H]3C[C@@H](C1)CC(n1ncc(NC4CC4)c(Cl)c1=O)(C3)C2. The summed E-state index contributed by atoms with van der Waals surface area (Å²) in [7, 11) is 0. The number of aromatic nitrogens is 2. The Bertz CT molecular complexity index is 802. The third-order valence-corrected chi connectivity index (χ3v) is 7.13. The number of anilines is 1. The van der Waals surface area contributed by atoms with Gasteiger partial charge >= 0.3 is 0 Å². The number of hydrogen-bond donors (Lipinski definition) is 1. The lowest BCUT2D eigenvalue weighted by molar-refractivity contribution is -0.329. The first-order chi connectivity index (χ1) is 11.9. The lowest BCUT2D eigenvalue weighted by Crippen LogP contribution is -2.63. The van der Waals surface area contributed by atoms with Crippen LogP contribution in [0, 0.1) is 17.3 Å². The standard InChI is InChI=1S/C18H22ClN3O3/c19-14-13(21-12-1-2-12)8-20-22(15(14)23)18-6-10-3-11(7-18)5-17(4-10,9-18)16(24)25/h8,10-12,21H,1-7,9H2,(H,24,25)/p-1/t10-,11+,17?,18?. The molecular formula is C18H21ClN3O3-. The Morgan fingerprint density at radius 1 is 1.28 bits per heavy atom. The molecule has 1 aromatic heterocycles. The predicted molar refractivity (Wildman–Crippen MR) is 90.2 cm³/mol. The van der Waals surface area contributed by atoms with Crippen molar-refractivity contribution in [2.45, 2.75) is 62.9 Å². The normalized spacial score (nSPS) is 38.8. The predicted octanol–water partition coefficient (Wildman–Crippen LogP) is 1.52. The van der Waals surface area contributed by atoms with E-state index in [0.29, 0.717) is 42.8 Å². The highest BCUT2D eigenvalue weighted by Crippen LogP contribution is 2.63. The Morgan fingerprint density at radius 3 is 2.56 bits per heavy atom. The zero-order valence-corrected chi connectivity index (χ0v) is 14.7. The molecule has 25 heavy (non-hydrogen) atoms. The third kappa shape index (κ3) is 2.26. The van der Waals surface area contributed by atoms with Gasteiger partial charge in [0.25, 0.3) is 5.56 Å². The Morgan fingerprint density at radius 2 is 1.96 bits per heavy atom. The van der Waals surface area contributed by atoms with Gasteiger partial charge in [0.15, 0.2) is 0 Å². The molecule has 134 valence electrons. The van der Waals surface area contributed by atoms with E-state index in [2.05, 4.69) is 10.4 Å². The molecule has 1 heterocycles. The fourth-order valence-corrected chi connectivity index (χ4v) is 6.20. The van der Waals surface area contributed by atoms with Gasteiger partial charge in [-0.25, -0.2) is 4.68 Å². The topological polar surface area (TPSA) is 87.0 Å². The van der Waals surface area contributed by atoms with Crippen LogP contribution in [0.5, 0.6) is 0 Å². The van der Waals surface area contributed by atoms with Crippen LogP contribution in [0.25, 0.3) is 0 Å². The Balaban J connectivity index is 1.57. The van der Waals surface area contributed by atoms with E-state index in [4.69, 9.17) is 11.6 Å². The van der Waals surface area contributed by atoms with Crippen LogP contribution in [-0.4, -0.2) is 21.8 Å². The van der Waals surface area contributed by atoms with Crippen molar-refractivity contribution < 1.29 is 9.90 Å². The number of nitrogens with one attached hydrogen (secondary N) is 1. The lowest BCUT2D eigenvalue weighted by atomic mass is 9.47. The van der Waals surface area contributed by atoms with Crippen LogP contribution in [0.2, 0.25) is 5.02 Å². The Kier molecular flexibility index (Phi) is 3.13. The van der Waals surface area contributed by atoms with Crippen LogP contribution in [0.15, 0.2) is 11.0 Å². The van der Waals surface area contributed by atoms with Crippen molar-refractivity contribution in [1.82, 2.24) is 9.78 Å². The van der Waals surface area contributed by atoms with E-state index in [9.17, 15) is 14.7 Å². The minimum Gasteiger partial charge on any atom is -0.550 e. The van der Waals surface area contributed by atoms with Crippen LogP contribution in [0.3, 0.4) is 0 Å². The molecule has 0 saturated heterocycles. The summed E-state index contributed by atoms with van der Waals surface area (Å²) < 4.78 is 1.50. The Labute approximate surface area is 150 Å². The molecule has 0 amide bonds. The highest BCUT2D eigenvalue weighted by molar-refractivity contribution is 6.32. The van der Waals surface area contributed by atoms with Gasteiger partial charge in [-0.15, -0.1) is 0 Å². The second kappa shape index (κ2) is 5.00. The number of halogens is 1. The van der Waals surface area contributed by atoms with E-state index in [1.54, 1.807) is 6.20 Å². The summed E-state index contributed by atoms with van der Waals surface area (Å²) in [6, 6.07) is 0.385. The third-order valence-electron chi connectivity index (χ3n) is 6.77. The molecule has 4 atom stereocenters. The minimum absolute atomic E-state index is 0.167. The van der Waals surface area contributed by atoms with Crippen LogP contribution in [0.4, 0.5) is 5.69 Å². The van der Waals surface area contributed by atoms with Gasteiger partial charge in [0.1, 0.15) is 5.02 Å². The maximum Gasteiger partial charge on any atom is 0.288 e. The summed E-state index contributed by atoms with van der Waals surface area (Å²) in [5.74, 6) is -0.302. The first kappa shape index (κ1) is 15.7. The van der Waals surface area contributed by atoms with Crippen LogP contribution < -0.4 is 16.0 Å². The van der Waals surface area contributed by atoms with Gasteiger partial charge in [-0.1, -0.05) is 11.6 Å². The number of carboxylic acid groups (broad SMARTS) is 1.